The van der Waals surface area contributed by atoms with E-state index in [0.29, 0.717) is 44.6 Å². The molecule has 0 bridgehead atoms. The fourth-order valence-corrected chi connectivity index (χ4v) is 3.85. The molecule has 0 aromatic heterocycles. The number of ether oxygens (including phenoxy) is 1. The lowest BCUT2D eigenvalue weighted by Gasteiger charge is -2.37. The van der Waals surface area contributed by atoms with E-state index < -0.39 is 28.8 Å². The Labute approximate surface area is 190 Å². The number of likely N-dealkylation sites (tertiary alicyclic amines) is 1. The highest BCUT2D eigenvalue weighted by Crippen LogP contribution is 2.25. The minimum absolute atomic E-state index is 0.0129. The van der Waals surface area contributed by atoms with Crippen LogP contribution in [0.4, 0.5) is 18.4 Å². The molecule has 178 valence electrons. The minimum atomic E-state index is -0.750. The summed E-state index contributed by atoms with van der Waals surface area (Å²) >= 11 is -0.750. The summed E-state index contributed by atoms with van der Waals surface area (Å²) < 4.78 is 50.3. The lowest BCUT2D eigenvalue weighted by atomic mass is 10.0. The van der Waals surface area contributed by atoms with Crippen LogP contribution in [0.1, 0.15) is 44.7 Å². The largest absolute Gasteiger partial charge is 0.444 e. The van der Waals surface area contributed by atoms with Gasteiger partial charge in [0.25, 0.3) is 0 Å². The summed E-state index contributed by atoms with van der Waals surface area (Å²) in [5.74, 6) is -1.25. The van der Waals surface area contributed by atoms with Crippen molar-refractivity contribution in [2.24, 2.45) is 0 Å². The molecule has 1 aromatic carbocycles. The molecule has 2 aliphatic rings. The number of hydrogen-bond acceptors (Lipinski definition) is 5. The van der Waals surface area contributed by atoms with E-state index in [1.807, 2.05) is 20.8 Å². The predicted octanol–water partition coefficient (Wildman–Crippen LogP) is 3.24. The second-order valence-corrected chi connectivity index (χ2v) is 9.01. The van der Waals surface area contributed by atoms with Crippen LogP contribution >= 0.6 is 0 Å². The van der Waals surface area contributed by atoms with Crippen LogP contribution in [0.25, 0.3) is 0 Å². The second-order valence-electron chi connectivity index (χ2n) is 8.87. The number of piperidine rings is 1. The van der Waals surface area contributed by atoms with Gasteiger partial charge in [-0.1, -0.05) is 0 Å². The molecule has 2 fully saturated rings. The first kappa shape index (κ1) is 25.7. The van der Waals surface area contributed by atoms with Gasteiger partial charge in [-0.25, -0.2) is 18.4 Å². The summed E-state index contributed by atoms with van der Waals surface area (Å²) in [6, 6.07) is 2.37. The zero-order chi connectivity index (χ0) is 24.1. The van der Waals surface area contributed by atoms with Gasteiger partial charge in [-0.05, 0) is 58.2 Å². The summed E-state index contributed by atoms with van der Waals surface area (Å²) in [5.41, 5.74) is -0.111. The first-order valence-electron chi connectivity index (χ1n) is 10.4. The third-order valence-electron chi connectivity index (χ3n) is 5.32. The third-order valence-corrected chi connectivity index (χ3v) is 5.32. The molecule has 8 nitrogen and oxygen atoms in total. The highest BCUT2D eigenvalue weighted by Gasteiger charge is 2.37. The summed E-state index contributed by atoms with van der Waals surface area (Å²) in [6.07, 6.45) is 0.980. The van der Waals surface area contributed by atoms with Crippen LogP contribution in [0, 0.1) is 18.6 Å². The number of rotatable bonds is 3. The molecule has 0 atom stereocenters. The maximum Gasteiger partial charge on any atom is 0.410 e. The van der Waals surface area contributed by atoms with Gasteiger partial charge in [0.2, 0.25) is 0 Å². The molecule has 2 saturated heterocycles. The first-order chi connectivity index (χ1) is 15.0. The van der Waals surface area contributed by atoms with Gasteiger partial charge in [0.1, 0.15) is 17.2 Å². The van der Waals surface area contributed by atoms with Crippen molar-refractivity contribution in [2.45, 2.75) is 58.7 Å². The van der Waals surface area contributed by atoms with Crippen LogP contribution in [0.5, 0.6) is 0 Å². The lowest BCUT2D eigenvalue weighted by Crippen LogP contribution is -2.49. The van der Waals surface area contributed by atoms with Crippen molar-refractivity contribution in [1.29, 1.82) is 0 Å². The summed E-state index contributed by atoms with van der Waals surface area (Å²) in [7, 11) is 0. The summed E-state index contributed by atoms with van der Waals surface area (Å²) in [4.78, 5) is 29.9. The van der Waals surface area contributed by atoms with Gasteiger partial charge in [0.05, 0.1) is 6.54 Å². The highest BCUT2D eigenvalue weighted by molar-refractivity contribution is 7.51. The molecule has 0 radical (unpaired) electrons. The van der Waals surface area contributed by atoms with Gasteiger partial charge in [-0.3, -0.25) is 0 Å². The molecule has 2 heterocycles. The quantitative estimate of drug-likeness (QED) is 0.673. The van der Waals surface area contributed by atoms with Gasteiger partial charge >= 0.3 is 23.7 Å². The van der Waals surface area contributed by atoms with Crippen LogP contribution in [-0.4, -0.2) is 73.1 Å². The molecule has 0 aliphatic carbocycles. The number of benzene rings is 1. The van der Waals surface area contributed by atoms with Crippen LogP contribution in [-0.2, 0) is 22.9 Å². The predicted molar refractivity (Wildman–Crippen MR) is 113 cm³/mol. The van der Waals surface area contributed by atoms with Crippen LogP contribution in [0.2, 0.25) is 0 Å². The smallest absolute Gasteiger partial charge is 0.410 e. The van der Waals surface area contributed by atoms with E-state index in [9.17, 15) is 18.4 Å². The van der Waals surface area contributed by atoms with Crippen LogP contribution in [0.3, 0.4) is 0 Å². The monoisotopic (exact) mass is 473 g/mol. The van der Waals surface area contributed by atoms with Crippen molar-refractivity contribution in [1.82, 2.24) is 14.7 Å². The lowest BCUT2D eigenvalue weighted by molar-refractivity contribution is 0.0170. The van der Waals surface area contributed by atoms with Crippen molar-refractivity contribution < 1.29 is 31.5 Å². The first-order valence-corrected chi connectivity index (χ1v) is 11.0. The topological polar surface area (TPSA) is 87.2 Å². The Balaban J connectivity index is 0.00000114. The van der Waals surface area contributed by atoms with Gasteiger partial charge in [0.15, 0.2) is 0 Å². The average Bonchev–Trinajstić information content (AvgIpc) is 3.04. The molecule has 3 rings (SSSR count). The van der Waals surface area contributed by atoms with Crippen LogP contribution < -0.4 is 0 Å². The number of amides is 3. The van der Waals surface area contributed by atoms with Gasteiger partial charge in [-0.2, -0.15) is 8.42 Å². The Hall–Kier alpha value is -2.56. The SMILES string of the molecule is Cc1cc(F)c(CN2CCN(C3CCN(C(=O)OC(C)(C)C)CC3)C2=O)c(F)c1.O=S=O. The Bertz CT molecular complexity index is 856. The minimum Gasteiger partial charge on any atom is -0.444 e. The van der Waals surface area contributed by atoms with Gasteiger partial charge in [0, 0.05) is 37.8 Å². The highest BCUT2D eigenvalue weighted by atomic mass is 32.1. The number of carbonyl (C=O) groups excluding carboxylic acids is 2. The molecule has 2 aliphatic heterocycles. The Morgan fingerprint density at radius 3 is 2.12 bits per heavy atom. The Kier molecular flexibility index (Phi) is 8.71. The van der Waals surface area contributed by atoms with E-state index in [1.54, 1.807) is 16.7 Å². The van der Waals surface area contributed by atoms with Crippen molar-refractivity contribution in [3.05, 3.63) is 34.9 Å². The molecule has 0 unspecified atom stereocenters. The van der Waals surface area contributed by atoms with Crippen LogP contribution in [0.15, 0.2) is 12.1 Å². The number of hydrogen-bond donors (Lipinski definition) is 0. The Morgan fingerprint density at radius 1 is 1.09 bits per heavy atom. The maximum absolute atomic E-state index is 14.1. The Morgan fingerprint density at radius 2 is 1.62 bits per heavy atom. The van der Waals surface area contributed by atoms with E-state index in [2.05, 4.69) is 0 Å². The number of urea groups is 1. The summed E-state index contributed by atoms with van der Waals surface area (Å²) in [5, 5.41) is 0. The van der Waals surface area contributed by atoms with Gasteiger partial charge < -0.3 is 19.4 Å². The number of carbonyl (C=O) groups is 2. The molecular weight excluding hydrogens is 444 g/mol. The van der Waals surface area contributed by atoms with E-state index in [1.165, 1.54) is 17.0 Å². The molecular formula is C21H29F2N3O5S. The molecule has 32 heavy (non-hydrogen) atoms. The molecule has 3 amide bonds. The zero-order valence-electron chi connectivity index (χ0n) is 18.7. The van der Waals surface area contributed by atoms with E-state index in [-0.39, 0.29) is 30.3 Å². The summed E-state index contributed by atoms with van der Waals surface area (Å²) in [6.45, 7) is 9.02. The number of nitrogens with zero attached hydrogens (tertiary/aromatic N) is 3. The zero-order valence-corrected chi connectivity index (χ0v) is 19.5. The molecule has 1 aromatic rings. The van der Waals surface area contributed by atoms with Crippen molar-refractivity contribution >= 4 is 23.7 Å². The molecule has 0 saturated carbocycles. The van der Waals surface area contributed by atoms with Gasteiger partial charge in [-0.15, -0.1) is 0 Å². The standard InChI is InChI=1S/C21H29F2N3O3.O2S/c1-14-11-17(22)16(18(23)12-14)13-25-9-10-26(19(25)27)15-5-7-24(8-6-15)20(28)29-21(2,3)4;1-3-2/h11-12,15H,5-10,13H2,1-4H3;. The molecule has 11 heteroatoms. The normalized spacial score (nSPS) is 17.2. The molecule has 0 N–H and O–H groups in total. The fraction of sp³-hybridized carbons (Fsp3) is 0.619. The fourth-order valence-electron chi connectivity index (χ4n) is 3.85. The van der Waals surface area contributed by atoms with Crippen molar-refractivity contribution in [3.8, 4) is 0 Å². The maximum atomic E-state index is 14.1. The van der Waals surface area contributed by atoms with E-state index >= 15 is 0 Å². The average molecular weight is 474 g/mol. The second kappa shape index (κ2) is 10.8. The van der Waals surface area contributed by atoms with Crippen molar-refractivity contribution in [2.75, 3.05) is 26.2 Å². The number of halogens is 2. The van der Waals surface area contributed by atoms with Crippen molar-refractivity contribution in [3.63, 3.8) is 0 Å². The molecule has 0 spiro atoms. The van der Waals surface area contributed by atoms with E-state index in [0.717, 1.165) is 0 Å². The third kappa shape index (κ3) is 6.72. The van der Waals surface area contributed by atoms with E-state index in [4.69, 9.17) is 13.2 Å². The number of aryl methyl sites for hydroxylation is 1.